The van der Waals surface area contributed by atoms with Crippen molar-refractivity contribution in [2.45, 2.75) is 39.3 Å². The summed E-state index contributed by atoms with van der Waals surface area (Å²) < 4.78 is 0. The van der Waals surface area contributed by atoms with E-state index < -0.39 is 0 Å². The molecule has 1 aliphatic carbocycles. The van der Waals surface area contributed by atoms with Crippen LogP contribution in [0.3, 0.4) is 0 Å². The van der Waals surface area contributed by atoms with Crippen molar-refractivity contribution in [3.8, 4) is 0 Å². The summed E-state index contributed by atoms with van der Waals surface area (Å²) in [6.07, 6.45) is 6.63. The van der Waals surface area contributed by atoms with Gasteiger partial charge in [-0.3, -0.25) is 0 Å². The van der Waals surface area contributed by atoms with Crippen LogP contribution in [-0.2, 0) is 6.54 Å². The Bertz CT molecular complexity index is 461. The molecule has 0 spiro atoms. The van der Waals surface area contributed by atoms with E-state index in [1.807, 2.05) is 0 Å². The van der Waals surface area contributed by atoms with E-state index in [0.717, 1.165) is 31.9 Å². The topological polar surface area (TPSA) is 36.4 Å². The lowest BCUT2D eigenvalue weighted by Gasteiger charge is -2.16. The van der Waals surface area contributed by atoms with Gasteiger partial charge in [0.25, 0.3) is 0 Å². The van der Waals surface area contributed by atoms with Crippen LogP contribution in [0.25, 0.3) is 0 Å². The van der Waals surface area contributed by atoms with E-state index in [-0.39, 0.29) is 24.0 Å². The van der Waals surface area contributed by atoms with Crippen molar-refractivity contribution in [2.24, 2.45) is 4.99 Å². The average Bonchev–Trinajstić information content (AvgIpc) is 2.89. The molecule has 0 aliphatic heterocycles. The van der Waals surface area contributed by atoms with Crippen LogP contribution in [0.4, 0.5) is 0 Å². The first-order valence-corrected chi connectivity index (χ1v) is 7.03. The largest absolute Gasteiger partial charge is 0.357 e. The van der Waals surface area contributed by atoms with Crippen molar-refractivity contribution >= 4 is 29.9 Å². The van der Waals surface area contributed by atoms with Gasteiger partial charge in [0.15, 0.2) is 5.96 Å². The van der Waals surface area contributed by atoms with Crippen molar-refractivity contribution in [2.75, 3.05) is 6.54 Å². The summed E-state index contributed by atoms with van der Waals surface area (Å²) in [7, 11) is 0. The summed E-state index contributed by atoms with van der Waals surface area (Å²) >= 11 is 0. The highest BCUT2D eigenvalue weighted by Gasteiger charge is 2.11. The van der Waals surface area contributed by atoms with E-state index in [2.05, 4.69) is 65.9 Å². The number of nitrogens with zero attached hydrogens (tertiary/aromatic N) is 1. The van der Waals surface area contributed by atoms with Gasteiger partial charge in [0.05, 0.1) is 6.54 Å². The molecule has 0 unspecified atom stereocenters. The van der Waals surface area contributed by atoms with Crippen LogP contribution in [0.5, 0.6) is 0 Å². The number of guanidine groups is 1. The highest BCUT2D eigenvalue weighted by Crippen LogP contribution is 2.09. The van der Waals surface area contributed by atoms with Gasteiger partial charge in [-0.15, -0.1) is 24.0 Å². The van der Waals surface area contributed by atoms with E-state index in [0.29, 0.717) is 6.04 Å². The molecule has 0 fully saturated rings. The Balaban J connectivity index is 0.00000200. The molecule has 0 radical (unpaired) electrons. The second-order valence-corrected chi connectivity index (χ2v) is 4.97. The fourth-order valence-electron chi connectivity index (χ4n) is 2.23. The molecular formula is C16H24IN3. The molecule has 0 aromatic heterocycles. The molecule has 0 bridgehead atoms. The van der Waals surface area contributed by atoms with Gasteiger partial charge in [0.2, 0.25) is 0 Å². The Kier molecular flexibility index (Phi) is 7.65. The van der Waals surface area contributed by atoms with Gasteiger partial charge < -0.3 is 10.6 Å². The minimum Gasteiger partial charge on any atom is -0.357 e. The molecule has 0 atom stereocenters. The molecule has 0 heterocycles. The van der Waals surface area contributed by atoms with Crippen LogP contribution in [-0.4, -0.2) is 18.5 Å². The monoisotopic (exact) mass is 385 g/mol. The molecule has 1 aromatic rings. The molecule has 0 amide bonds. The molecule has 0 saturated heterocycles. The van der Waals surface area contributed by atoms with Gasteiger partial charge in [-0.25, -0.2) is 4.99 Å². The fourth-order valence-corrected chi connectivity index (χ4v) is 2.23. The molecule has 2 rings (SSSR count). The lowest BCUT2D eigenvalue weighted by atomic mass is 10.1. The summed E-state index contributed by atoms with van der Waals surface area (Å²) in [5.74, 6) is 0.915. The Morgan fingerprint density at radius 3 is 2.70 bits per heavy atom. The maximum atomic E-state index is 4.65. The predicted molar refractivity (Wildman–Crippen MR) is 96.7 cm³/mol. The Labute approximate surface area is 139 Å². The zero-order valence-electron chi connectivity index (χ0n) is 12.2. The predicted octanol–water partition coefficient (Wildman–Crippen LogP) is 3.39. The van der Waals surface area contributed by atoms with Crippen molar-refractivity contribution in [3.05, 3.63) is 47.5 Å². The number of aliphatic imine (C=N–C) groups is 1. The maximum absolute atomic E-state index is 4.65. The van der Waals surface area contributed by atoms with Crippen molar-refractivity contribution < 1.29 is 0 Å². The highest BCUT2D eigenvalue weighted by atomic mass is 127. The summed E-state index contributed by atoms with van der Waals surface area (Å²) in [5, 5.41) is 6.78. The SMILES string of the molecule is CCNC(=NCc1cccc(C)c1)NC1CC=CC1.I. The lowest BCUT2D eigenvalue weighted by Crippen LogP contribution is -2.42. The fraction of sp³-hybridized carbons (Fsp3) is 0.438. The van der Waals surface area contributed by atoms with E-state index >= 15 is 0 Å². The molecule has 20 heavy (non-hydrogen) atoms. The van der Waals surface area contributed by atoms with Crippen molar-refractivity contribution in [3.63, 3.8) is 0 Å². The summed E-state index contributed by atoms with van der Waals surface area (Å²) in [6, 6.07) is 9.00. The first kappa shape index (κ1) is 17.0. The zero-order valence-corrected chi connectivity index (χ0v) is 14.6. The smallest absolute Gasteiger partial charge is 0.191 e. The van der Waals surface area contributed by atoms with Gasteiger partial charge >= 0.3 is 0 Å². The van der Waals surface area contributed by atoms with Gasteiger partial charge in [-0.2, -0.15) is 0 Å². The van der Waals surface area contributed by atoms with Gasteiger partial charge in [0.1, 0.15) is 0 Å². The first-order chi connectivity index (χ1) is 9.28. The number of rotatable bonds is 4. The second-order valence-electron chi connectivity index (χ2n) is 4.97. The number of aryl methyl sites for hydroxylation is 1. The molecule has 110 valence electrons. The molecule has 2 N–H and O–H groups in total. The molecule has 3 nitrogen and oxygen atoms in total. The van der Waals surface area contributed by atoms with Gasteiger partial charge in [-0.05, 0) is 32.3 Å². The van der Waals surface area contributed by atoms with Crippen molar-refractivity contribution in [1.82, 2.24) is 10.6 Å². The lowest BCUT2D eigenvalue weighted by molar-refractivity contribution is 0.633. The highest BCUT2D eigenvalue weighted by molar-refractivity contribution is 14.0. The Hall–Kier alpha value is -1.04. The number of halogens is 1. The summed E-state index contributed by atoms with van der Waals surface area (Å²) in [6.45, 7) is 5.81. The molecular weight excluding hydrogens is 361 g/mol. The van der Waals surface area contributed by atoms with Crippen LogP contribution in [0, 0.1) is 6.92 Å². The van der Waals surface area contributed by atoms with Crippen LogP contribution in [0.15, 0.2) is 41.4 Å². The zero-order chi connectivity index (χ0) is 13.5. The van der Waals surface area contributed by atoms with E-state index in [9.17, 15) is 0 Å². The Morgan fingerprint density at radius 2 is 2.05 bits per heavy atom. The second kappa shape index (κ2) is 9.00. The van der Waals surface area contributed by atoms with E-state index in [4.69, 9.17) is 0 Å². The third kappa shape index (κ3) is 5.53. The number of benzene rings is 1. The molecule has 1 aliphatic rings. The number of nitrogens with one attached hydrogen (secondary N) is 2. The number of hydrogen-bond donors (Lipinski definition) is 2. The van der Waals surface area contributed by atoms with Gasteiger partial charge in [-0.1, -0.05) is 42.0 Å². The Morgan fingerprint density at radius 1 is 1.30 bits per heavy atom. The molecule has 0 saturated carbocycles. The number of hydrogen-bond acceptors (Lipinski definition) is 1. The standard InChI is InChI=1S/C16H23N3.HI/c1-3-17-16(19-15-9-4-5-10-15)18-12-14-8-6-7-13(2)11-14;/h4-8,11,15H,3,9-10,12H2,1-2H3,(H2,17,18,19);1H. The van der Waals surface area contributed by atoms with Gasteiger partial charge in [0, 0.05) is 12.6 Å². The summed E-state index contributed by atoms with van der Waals surface area (Å²) in [4.78, 5) is 4.65. The van der Waals surface area contributed by atoms with Crippen LogP contribution < -0.4 is 10.6 Å². The van der Waals surface area contributed by atoms with Crippen LogP contribution >= 0.6 is 24.0 Å². The minimum absolute atomic E-state index is 0. The normalized spacial score (nSPS) is 15.0. The van der Waals surface area contributed by atoms with Crippen molar-refractivity contribution in [1.29, 1.82) is 0 Å². The summed E-state index contributed by atoms with van der Waals surface area (Å²) in [5.41, 5.74) is 2.53. The minimum atomic E-state index is 0. The maximum Gasteiger partial charge on any atom is 0.191 e. The molecule has 4 heteroatoms. The van der Waals surface area contributed by atoms with E-state index in [1.165, 1.54) is 11.1 Å². The van der Waals surface area contributed by atoms with E-state index in [1.54, 1.807) is 0 Å². The quantitative estimate of drug-likeness (QED) is 0.361. The molecule has 1 aromatic carbocycles. The first-order valence-electron chi connectivity index (χ1n) is 7.03. The van der Waals surface area contributed by atoms with Crippen LogP contribution in [0.1, 0.15) is 30.9 Å². The average molecular weight is 385 g/mol. The van der Waals surface area contributed by atoms with Crippen LogP contribution in [0.2, 0.25) is 0 Å². The third-order valence-electron chi connectivity index (χ3n) is 3.20. The third-order valence-corrected chi connectivity index (χ3v) is 3.20.